The Balaban J connectivity index is 3.71. The molecule has 4 N–H and O–H groups in total. The van der Waals surface area contributed by atoms with Crippen molar-refractivity contribution >= 4 is 0 Å². The largest absolute Gasteiger partial charge is 0.329 e. The van der Waals surface area contributed by atoms with Crippen LogP contribution in [0.3, 0.4) is 0 Å². The monoisotopic (exact) mass is 215 g/mol. The summed E-state index contributed by atoms with van der Waals surface area (Å²) in [6.45, 7) is 12.8. The van der Waals surface area contributed by atoms with E-state index in [-0.39, 0.29) is 5.54 Å². The Morgan fingerprint density at radius 1 is 1.20 bits per heavy atom. The molecule has 0 saturated carbocycles. The second-order valence-electron chi connectivity index (χ2n) is 5.37. The fourth-order valence-electron chi connectivity index (χ4n) is 1.86. The van der Waals surface area contributed by atoms with Crippen molar-refractivity contribution in [3.05, 3.63) is 0 Å². The van der Waals surface area contributed by atoms with E-state index in [1.165, 1.54) is 12.8 Å². The fraction of sp³-hybridized carbons (Fsp3) is 1.00. The molecule has 15 heavy (non-hydrogen) atoms. The van der Waals surface area contributed by atoms with Crippen LogP contribution in [0.15, 0.2) is 0 Å². The highest BCUT2D eigenvalue weighted by molar-refractivity contribution is 4.80. The van der Waals surface area contributed by atoms with E-state index in [9.17, 15) is 0 Å². The van der Waals surface area contributed by atoms with Gasteiger partial charge in [-0.1, -0.05) is 13.8 Å². The summed E-state index contributed by atoms with van der Waals surface area (Å²) in [5.41, 5.74) is 5.68. The van der Waals surface area contributed by atoms with Crippen LogP contribution >= 0.6 is 0 Å². The van der Waals surface area contributed by atoms with Crippen molar-refractivity contribution in [3.8, 4) is 0 Å². The maximum atomic E-state index is 5.45. The van der Waals surface area contributed by atoms with Gasteiger partial charge in [-0.25, -0.2) is 0 Å². The summed E-state index contributed by atoms with van der Waals surface area (Å²) in [4.78, 5) is 0. The number of hydrogen-bond donors (Lipinski definition) is 3. The van der Waals surface area contributed by atoms with Crippen LogP contribution in [-0.4, -0.2) is 30.7 Å². The third-order valence-electron chi connectivity index (χ3n) is 2.52. The lowest BCUT2D eigenvalue weighted by Gasteiger charge is -2.30. The fourth-order valence-corrected chi connectivity index (χ4v) is 1.86. The van der Waals surface area contributed by atoms with Crippen LogP contribution < -0.4 is 16.4 Å². The molecule has 0 rings (SSSR count). The van der Waals surface area contributed by atoms with E-state index in [1.807, 2.05) is 0 Å². The van der Waals surface area contributed by atoms with Gasteiger partial charge in [0.1, 0.15) is 0 Å². The summed E-state index contributed by atoms with van der Waals surface area (Å²) in [5, 5.41) is 6.98. The molecule has 0 fully saturated rings. The molecule has 1 atom stereocenters. The molecule has 0 amide bonds. The van der Waals surface area contributed by atoms with E-state index in [0.29, 0.717) is 12.1 Å². The smallest absolute Gasteiger partial charge is 0.0128 e. The minimum absolute atomic E-state index is 0.229. The summed E-state index contributed by atoms with van der Waals surface area (Å²) in [5.74, 6) is 0. The first-order valence-electron chi connectivity index (χ1n) is 6.08. The maximum Gasteiger partial charge on any atom is 0.0128 e. The van der Waals surface area contributed by atoms with Gasteiger partial charge in [0.25, 0.3) is 0 Å². The average Bonchev–Trinajstić information content (AvgIpc) is 2.09. The maximum absolute atomic E-state index is 5.45. The van der Waals surface area contributed by atoms with Gasteiger partial charge in [0.2, 0.25) is 0 Å². The molecule has 0 saturated heterocycles. The number of hydrogen-bond acceptors (Lipinski definition) is 3. The lowest BCUT2D eigenvalue weighted by atomic mass is 9.95. The molecule has 0 aromatic carbocycles. The van der Waals surface area contributed by atoms with Gasteiger partial charge >= 0.3 is 0 Å². The predicted molar refractivity (Wildman–Crippen MR) is 68.1 cm³/mol. The highest BCUT2D eigenvalue weighted by Crippen LogP contribution is 2.13. The Kier molecular flexibility index (Phi) is 7.14. The molecule has 92 valence electrons. The summed E-state index contributed by atoms with van der Waals surface area (Å²) >= 11 is 0. The molecule has 0 aliphatic carbocycles. The van der Waals surface area contributed by atoms with Crippen LogP contribution in [-0.2, 0) is 0 Å². The average molecular weight is 215 g/mol. The lowest BCUT2D eigenvalue weighted by Crippen LogP contribution is -2.44. The molecule has 0 aromatic heterocycles. The van der Waals surface area contributed by atoms with E-state index >= 15 is 0 Å². The van der Waals surface area contributed by atoms with Crippen LogP contribution in [0.25, 0.3) is 0 Å². The second-order valence-corrected chi connectivity index (χ2v) is 5.37. The molecule has 0 bridgehead atoms. The third-order valence-corrected chi connectivity index (χ3v) is 2.52. The Morgan fingerprint density at radius 2 is 1.80 bits per heavy atom. The van der Waals surface area contributed by atoms with Crippen molar-refractivity contribution in [2.45, 2.75) is 65.1 Å². The predicted octanol–water partition coefficient (Wildman–Crippen LogP) is 1.48. The summed E-state index contributed by atoms with van der Waals surface area (Å²) in [6, 6.07) is 1.11. The van der Waals surface area contributed by atoms with Crippen LogP contribution in [0.1, 0.15) is 47.5 Å². The zero-order valence-corrected chi connectivity index (χ0v) is 11.1. The molecule has 0 spiro atoms. The zero-order valence-electron chi connectivity index (χ0n) is 11.1. The van der Waals surface area contributed by atoms with Crippen molar-refractivity contribution in [1.29, 1.82) is 0 Å². The molecule has 0 radical (unpaired) electrons. The van der Waals surface area contributed by atoms with Crippen LogP contribution in [0, 0.1) is 0 Å². The topological polar surface area (TPSA) is 50.1 Å². The number of nitrogens with two attached hydrogens (primary N) is 1. The van der Waals surface area contributed by atoms with Gasteiger partial charge in [0.05, 0.1) is 0 Å². The van der Waals surface area contributed by atoms with Gasteiger partial charge in [-0.15, -0.1) is 0 Å². The van der Waals surface area contributed by atoms with Gasteiger partial charge in [-0.3, -0.25) is 0 Å². The standard InChI is InChI=1S/C12H29N3/c1-10(2)15-12(4,5)7-6-11(3)14-9-8-13/h10-11,14-15H,6-9,13H2,1-5H3. The molecule has 1 unspecified atom stereocenters. The van der Waals surface area contributed by atoms with E-state index in [2.05, 4.69) is 45.3 Å². The molecule has 0 aliphatic rings. The van der Waals surface area contributed by atoms with Crippen molar-refractivity contribution in [1.82, 2.24) is 10.6 Å². The minimum atomic E-state index is 0.229. The van der Waals surface area contributed by atoms with Gasteiger partial charge < -0.3 is 16.4 Å². The Hall–Kier alpha value is -0.120. The lowest BCUT2D eigenvalue weighted by molar-refractivity contribution is 0.310. The highest BCUT2D eigenvalue weighted by Gasteiger charge is 2.18. The molecule has 3 nitrogen and oxygen atoms in total. The zero-order chi connectivity index (χ0) is 11.9. The number of rotatable bonds is 8. The highest BCUT2D eigenvalue weighted by atomic mass is 15.0. The third kappa shape index (κ3) is 8.85. The van der Waals surface area contributed by atoms with E-state index in [4.69, 9.17) is 5.73 Å². The van der Waals surface area contributed by atoms with Crippen LogP contribution in [0.4, 0.5) is 0 Å². The summed E-state index contributed by atoms with van der Waals surface area (Å²) in [7, 11) is 0. The first-order chi connectivity index (χ1) is 6.87. The van der Waals surface area contributed by atoms with Crippen molar-refractivity contribution in [2.75, 3.05) is 13.1 Å². The van der Waals surface area contributed by atoms with Crippen molar-refractivity contribution in [2.24, 2.45) is 5.73 Å². The van der Waals surface area contributed by atoms with Crippen molar-refractivity contribution in [3.63, 3.8) is 0 Å². The Bertz CT molecular complexity index is 155. The van der Waals surface area contributed by atoms with Crippen molar-refractivity contribution < 1.29 is 0 Å². The molecular weight excluding hydrogens is 186 g/mol. The molecule has 0 aliphatic heterocycles. The van der Waals surface area contributed by atoms with Gasteiger partial charge in [-0.05, 0) is 33.6 Å². The van der Waals surface area contributed by atoms with E-state index in [0.717, 1.165) is 13.1 Å². The minimum Gasteiger partial charge on any atom is -0.329 e. The summed E-state index contributed by atoms with van der Waals surface area (Å²) < 4.78 is 0. The quantitative estimate of drug-likeness (QED) is 0.575. The first kappa shape index (κ1) is 14.9. The van der Waals surface area contributed by atoms with Gasteiger partial charge in [0, 0.05) is 30.7 Å². The van der Waals surface area contributed by atoms with E-state index < -0.39 is 0 Å². The SMILES string of the molecule is CC(C)NC(C)(C)CCC(C)NCCN. The number of nitrogens with one attached hydrogen (secondary N) is 2. The Morgan fingerprint density at radius 3 is 2.27 bits per heavy atom. The van der Waals surface area contributed by atoms with Crippen LogP contribution in [0.2, 0.25) is 0 Å². The molecule has 0 heterocycles. The second kappa shape index (κ2) is 7.20. The molecule has 3 heteroatoms. The summed E-state index contributed by atoms with van der Waals surface area (Å²) in [6.07, 6.45) is 2.37. The van der Waals surface area contributed by atoms with Gasteiger partial charge in [-0.2, -0.15) is 0 Å². The van der Waals surface area contributed by atoms with E-state index in [1.54, 1.807) is 0 Å². The Labute approximate surface area is 95.2 Å². The van der Waals surface area contributed by atoms with Gasteiger partial charge in [0.15, 0.2) is 0 Å². The van der Waals surface area contributed by atoms with Crippen LogP contribution in [0.5, 0.6) is 0 Å². The normalized spacial score (nSPS) is 14.6. The molecule has 0 aromatic rings. The molecular formula is C12H29N3. The first-order valence-corrected chi connectivity index (χ1v) is 6.08.